The van der Waals surface area contributed by atoms with Crippen LogP contribution in [0.25, 0.3) is 6.08 Å². The number of amides is 1. The molecule has 0 bridgehead atoms. The highest BCUT2D eigenvalue weighted by atomic mass is 35.5. The zero-order chi connectivity index (χ0) is 18.6. The summed E-state index contributed by atoms with van der Waals surface area (Å²) in [6, 6.07) is 9.24. The summed E-state index contributed by atoms with van der Waals surface area (Å²) in [6.07, 6.45) is 3.60. The van der Waals surface area contributed by atoms with Gasteiger partial charge in [-0.3, -0.25) is 4.79 Å². The van der Waals surface area contributed by atoms with Crippen LogP contribution in [0.5, 0.6) is 5.75 Å². The Morgan fingerprint density at radius 3 is 2.96 bits per heavy atom. The van der Waals surface area contributed by atoms with Crippen molar-refractivity contribution in [2.24, 2.45) is 0 Å². The lowest BCUT2D eigenvalue weighted by Crippen LogP contribution is -2.38. The number of pyridine rings is 1. The van der Waals surface area contributed by atoms with Gasteiger partial charge in [-0.2, -0.15) is 0 Å². The molecule has 2 aliphatic heterocycles. The van der Waals surface area contributed by atoms with E-state index in [4.69, 9.17) is 21.1 Å². The number of carbonyl (C=O) groups is 1. The molecule has 0 unspecified atom stereocenters. The van der Waals surface area contributed by atoms with Gasteiger partial charge >= 0.3 is 0 Å². The molecule has 4 rings (SSSR count). The van der Waals surface area contributed by atoms with Gasteiger partial charge in [-0.15, -0.1) is 0 Å². The van der Waals surface area contributed by atoms with Crippen LogP contribution >= 0.6 is 11.6 Å². The van der Waals surface area contributed by atoms with Crippen molar-refractivity contribution < 1.29 is 14.3 Å². The molecule has 140 valence electrons. The van der Waals surface area contributed by atoms with Gasteiger partial charge in [-0.1, -0.05) is 17.7 Å². The topological polar surface area (TPSA) is 63.7 Å². The van der Waals surface area contributed by atoms with Crippen LogP contribution in [0.4, 0.5) is 5.82 Å². The lowest BCUT2D eigenvalue weighted by atomic mass is 10.1. The molecule has 1 aromatic heterocycles. The minimum atomic E-state index is -0.155. The smallest absolute Gasteiger partial charge is 0.250 e. The van der Waals surface area contributed by atoms with E-state index in [0.717, 1.165) is 35.8 Å². The van der Waals surface area contributed by atoms with Crippen LogP contribution in [0.2, 0.25) is 5.02 Å². The van der Waals surface area contributed by atoms with Crippen molar-refractivity contribution >= 4 is 29.4 Å². The van der Waals surface area contributed by atoms with E-state index in [2.05, 4.69) is 15.2 Å². The van der Waals surface area contributed by atoms with E-state index in [1.807, 2.05) is 24.3 Å². The number of carbonyl (C=O) groups excluding carboxylic acids is 1. The summed E-state index contributed by atoms with van der Waals surface area (Å²) in [6.45, 7) is 3.62. The number of nitrogens with one attached hydrogen (secondary N) is 1. The third kappa shape index (κ3) is 4.07. The highest BCUT2D eigenvalue weighted by Gasteiger charge is 2.19. The Balaban J connectivity index is 1.46. The van der Waals surface area contributed by atoms with Crippen molar-refractivity contribution in [1.82, 2.24) is 10.3 Å². The van der Waals surface area contributed by atoms with Crippen LogP contribution in [0.1, 0.15) is 11.1 Å². The van der Waals surface area contributed by atoms with Crippen LogP contribution in [-0.2, 0) is 16.1 Å². The second-order valence-corrected chi connectivity index (χ2v) is 6.85. The molecule has 2 aliphatic rings. The van der Waals surface area contributed by atoms with E-state index in [9.17, 15) is 4.79 Å². The number of aromatic nitrogens is 1. The Morgan fingerprint density at radius 2 is 2.11 bits per heavy atom. The van der Waals surface area contributed by atoms with Gasteiger partial charge in [0, 0.05) is 42.0 Å². The first-order chi connectivity index (χ1) is 13.2. The SMILES string of the molecule is O=C(NCc1cccnc1N1CCOCC1)C1=Cc2cc(Cl)ccc2OC1. The molecule has 6 nitrogen and oxygen atoms in total. The maximum Gasteiger partial charge on any atom is 0.250 e. The highest BCUT2D eigenvalue weighted by molar-refractivity contribution is 6.30. The lowest BCUT2D eigenvalue weighted by Gasteiger charge is -2.29. The number of halogens is 1. The van der Waals surface area contributed by atoms with Crippen LogP contribution < -0.4 is 15.0 Å². The minimum absolute atomic E-state index is 0.155. The van der Waals surface area contributed by atoms with Gasteiger partial charge in [-0.25, -0.2) is 4.98 Å². The van der Waals surface area contributed by atoms with E-state index in [0.29, 0.717) is 30.4 Å². The van der Waals surface area contributed by atoms with Gasteiger partial charge in [0.1, 0.15) is 18.2 Å². The van der Waals surface area contributed by atoms with Crippen molar-refractivity contribution in [2.75, 3.05) is 37.8 Å². The maximum absolute atomic E-state index is 12.6. The molecule has 27 heavy (non-hydrogen) atoms. The van der Waals surface area contributed by atoms with Gasteiger partial charge in [0.2, 0.25) is 0 Å². The fraction of sp³-hybridized carbons (Fsp3) is 0.300. The molecular weight excluding hydrogens is 366 g/mol. The third-order valence-electron chi connectivity index (χ3n) is 4.59. The Bertz CT molecular complexity index is 879. The van der Waals surface area contributed by atoms with Crippen molar-refractivity contribution in [3.8, 4) is 5.75 Å². The zero-order valence-electron chi connectivity index (χ0n) is 14.8. The Kier molecular flexibility index (Phi) is 5.27. The number of nitrogens with zero attached hydrogens (tertiary/aromatic N) is 2. The summed E-state index contributed by atoms with van der Waals surface area (Å²) < 4.78 is 11.1. The summed E-state index contributed by atoms with van der Waals surface area (Å²) in [5, 5.41) is 3.59. The van der Waals surface area contributed by atoms with Crippen LogP contribution in [0.15, 0.2) is 42.1 Å². The summed E-state index contributed by atoms with van der Waals surface area (Å²) in [5.41, 5.74) is 2.37. The molecule has 2 aromatic rings. The molecule has 0 radical (unpaired) electrons. The first kappa shape index (κ1) is 17.8. The largest absolute Gasteiger partial charge is 0.488 e. The van der Waals surface area contributed by atoms with Gasteiger partial charge < -0.3 is 19.7 Å². The Morgan fingerprint density at radius 1 is 1.26 bits per heavy atom. The Labute approximate surface area is 162 Å². The number of rotatable bonds is 4. The highest BCUT2D eigenvalue weighted by Crippen LogP contribution is 2.29. The fourth-order valence-corrected chi connectivity index (χ4v) is 3.38. The first-order valence-corrected chi connectivity index (χ1v) is 9.26. The van der Waals surface area contributed by atoms with Crippen molar-refractivity contribution in [3.63, 3.8) is 0 Å². The zero-order valence-corrected chi connectivity index (χ0v) is 15.5. The number of hydrogen-bond donors (Lipinski definition) is 1. The molecular formula is C20H20ClN3O3. The summed E-state index contributed by atoms with van der Waals surface area (Å²) in [4.78, 5) is 19.3. The Hall–Kier alpha value is -2.57. The molecule has 0 atom stereocenters. The van der Waals surface area contributed by atoms with Gasteiger partial charge in [0.05, 0.1) is 18.8 Å². The number of ether oxygens (including phenoxy) is 2. The molecule has 0 spiro atoms. The molecule has 1 aromatic carbocycles. The van der Waals surface area contributed by atoms with E-state index in [1.165, 1.54) is 0 Å². The molecule has 3 heterocycles. The number of anilines is 1. The second kappa shape index (κ2) is 7.98. The van der Waals surface area contributed by atoms with E-state index < -0.39 is 0 Å². The van der Waals surface area contributed by atoms with E-state index in [1.54, 1.807) is 18.3 Å². The summed E-state index contributed by atoms with van der Waals surface area (Å²) in [5.74, 6) is 1.47. The van der Waals surface area contributed by atoms with Crippen molar-refractivity contribution in [2.45, 2.75) is 6.54 Å². The quantitative estimate of drug-likeness (QED) is 0.876. The minimum Gasteiger partial charge on any atom is -0.488 e. The standard InChI is InChI=1S/C20H20ClN3O3/c21-17-3-4-18-15(11-17)10-16(13-27-18)20(25)23-12-14-2-1-5-22-19(14)24-6-8-26-9-7-24/h1-5,10-11H,6-9,12-13H2,(H,23,25). The normalized spacial score (nSPS) is 16.2. The average molecular weight is 386 g/mol. The molecule has 1 saturated heterocycles. The summed E-state index contributed by atoms with van der Waals surface area (Å²) >= 11 is 6.03. The molecule has 1 N–H and O–H groups in total. The predicted molar refractivity (Wildman–Crippen MR) is 104 cm³/mol. The van der Waals surface area contributed by atoms with E-state index in [-0.39, 0.29) is 12.5 Å². The van der Waals surface area contributed by atoms with Crippen LogP contribution in [0.3, 0.4) is 0 Å². The van der Waals surface area contributed by atoms with E-state index >= 15 is 0 Å². The number of morpholine rings is 1. The number of benzene rings is 1. The monoisotopic (exact) mass is 385 g/mol. The van der Waals surface area contributed by atoms with Crippen molar-refractivity contribution in [1.29, 1.82) is 0 Å². The number of fused-ring (bicyclic) bond motifs is 1. The lowest BCUT2D eigenvalue weighted by molar-refractivity contribution is -0.117. The van der Waals surface area contributed by atoms with Crippen LogP contribution in [0, 0.1) is 0 Å². The predicted octanol–water partition coefficient (Wildman–Crippen LogP) is 2.66. The average Bonchev–Trinajstić information content (AvgIpc) is 2.72. The molecule has 1 amide bonds. The maximum atomic E-state index is 12.6. The molecule has 0 saturated carbocycles. The molecule has 1 fully saturated rings. The van der Waals surface area contributed by atoms with Crippen LogP contribution in [-0.4, -0.2) is 43.8 Å². The van der Waals surface area contributed by atoms with Crippen molar-refractivity contribution in [3.05, 3.63) is 58.3 Å². The van der Waals surface area contributed by atoms with Gasteiger partial charge in [0.15, 0.2) is 0 Å². The molecule has 7 heteroatoms. The molecule has 0 aliphatic carbocycles. The summed E-state index contributed by atoms with van der Waals surface area (Å²) in [7, 11) is 0. The number of hydrogen-bond acceptors (Lipinski definition) is 5. The van der Waals surface area contributed by atoms with Gasteiger partial charge in [0.25, 0.3) is 5.91 Å². The first-order valence-electron chi connectivity index (χ1n) is 8.88. The third-order valence-corrected chi connectivity index (χ3v) is 4.83. The van der Waals surface area contributed by atoms with Gasteiger partial charge in [-0.05, 0) is 30.3 Å². The fourth-order valence-electron chi connectivity index (χ4n) is 3.20. The second-order valence-electron chi connectivity index (χ2n) is 6.41.